The molecule has 2 fully saturated rings. The molecule has 2 aromatic heterocycles. The van der Waals surface area contributed by atoms with Crippen LogP contribution in [-0.2, 0) is 0 Å². The molecule has 0 aromatic carbocycles. The van der Waals surface area contributed by atoms with Crippen LogP contribution in [0.5, 0.6) is 0 Å². The van der Waals surface area contributed by atoms with Crippen LogP contribution in [0.15, 0.2) is 42.9 Å². The summed E-state index contributed by atoms with van der Waals surface area (Å²) in [5.74, 6) is 1.51. The number of pyridine rings is 1. The summed E-state index contributed by atoms with van der Waals surface area (Å²) < 4.78 is 0. The number of anilines is 4. The molecule has 1 saturated carbocycles. The van der Waals surface area contributed by atoms with Crippen molar-refractivity contribution >= 4 is 28.7 Å². The average Bonchev–Trinajstić information content (AvgIpc) is 3.33. The molecule has 0 unspecified atom stereocenters. The summed E-state index contributed by atoms with van der Waals surface area (Å²) in [5.41, 5.74) is 5.43. The minimum atomic E-state index is 0.501. The highest BCUT2D eigenvalue weighted by Gasteiger charge is 2.30. The molecule has 7 nitrogen and oxygen atoms in total. The molecule has 32 heavy (non-hydrogen) atoms. The van der Waals surface area contributed by atoms with Crippen LogP contribution in [0.4, 0.5) is 23.1 Å². The average molecular weight is 432 g/mol. The fourth-order valence-corrected chi connectivity index (χ4v) is 5.06. The number of allylic oxidation sites excluding steroid dienone is 2. The van der Waals surface area contributed by atoms with E-state index in [9.17, 15) is 0 Å². The molecule has 3 aliphatic rings. The molecule has 0 amide bonds. The van der Waals surface area contributed by atoms with Gasteiger partial charge in [0.2, 0.25) is 5.95 Å². The Balaban J connectivity index is 1.38. The molecule has 1 aliphatic carbocycles. The van der Waals surface area contributed by atoms with E-state index in [2.05, 4.69) is 53.5 Å². The first-order valence-corrected chi connectivity index (χ1v) is 11.7. The second-order valence-corrected chi connectivity index (χ2v) is 9.25. The van der Waals surface area contributed by atoms with Gasteiger partial charge in [0.05, 0.1) is 29.5 Å². The number of rotatable bonds is 4. The number of aromatic nitrogens is 3. The van der Waals surface area contributed by atoms with Crippen molar-refractivity contribution in [3.63, 3.8) is 0 Å². The number of hydrogen-bond acceptors (Lipinski definition) is 7. The Hall–Kier alpha value is -2.93. The van der Waals surface area contributed by atoms with Crippen molar-refractivity contribution in [2.45, 2.75) is 38.6 Å². The zero-order valence-electron chi connectivity index (χ0n) is 19.5. The van der Waals surface area contributed by atoms with E-state index in [0.717, 1.165) is 54.6 Å². The first-order valence-electron chi connectivity index (χ1n) is 11.7. The number of nitrogens with zero attached hydrogens (tertiary/aromatic N) is 7. The summed E-state index contributed by atoms with van der Waals surface area (Å²) >= 11 is 0. The maximum Gasteiger partial charge on any atom is 0.231 e. The minimum Gasteiger partial charge on any atom is -0.368 e. The Morgan fingerprint density at radius 2 is 1.78 bits per heavy atom. The summed E-state index contributed by atoms with van der Waals surface area (Å²) in [6.07, 6.45) is 11.1. The third-order valence-electron chi connectivity index (χ3n) is 7.02. The molecule has 1 saturated heterocycles. The first kappa shape index (κ1) is 20.9. The first-order chi connectivity index (χ1) is 15.5. The molecule has 5 rings (SSSR count). The van der Waals surface area contributed by atoms with Crippen molar-refractivity contribution in [1.82, 2.24) is 19.9 Å². The van der Waals surface area contributed by atoms with Crippen molar-refractivity contribution in [3.8, 4) is 0 Å². The second-order valence-electron chi connectivity index (χ2n) is 9.25. The van der Waals surface area contributed by atoms with Crippen LogP contribution in [0.1, 0.15) is 38.3 Å². The summed E-state index contributed by atoms with van der Waals surface area (Å²) in [7, 11) is 4.15. The van der Waals surface area contributed by atoms with Gasteiger partial charge in [0.1, 0.15) is 5.82 Å². The highest BCUT2D eigenvalue weighted by molar-refractivity contribution is 5.81. The van der Waals surface area contributed by atoms with Gasteiger partial charge in [-0.05, 0) is 50.6 Å². The van der Waals surface area contributed by atoms with Gasteiger partial charge in [-0.3, -0.25) is 4.90 Å². The van der Waals surface area contributed by atoms with Crippen molar-refractivity contribution in [3.05, 3.63) is 48.6 Å². The standard InChI is InChI=1S/C25H33N7/c1-18-15-19(2)32(20-7-5-6-8-20)22-17-27-25(28-24(18)22)30(4)23-10-9-21(16-26-23)31-13-11-29(3)12-14-31/h9-10,15-17,20H,2,5-8,11-14H2,1,3-4H3. The smallest absolute Gasteiger partial charge is 0.231 e. The van der Waals surface area contributed by atoms with Gasteiger partial charge in [-0.1, -0.05) is 19.4 Å². The predicted octanol–water partition coefficient (Wildman–Crippen LogP) is 4.07. The highest BCUT2D eigenvalue weighted by atomic mass is 15.3. The fraction of sp³-hybridized carbons (Fsp3) is 0.480. The highest BCUT2D eigenvalue weighted by Crippen LogP contribution is 2.39. The topological polar surface area (TPSA) is 51.6 Å². The van der Waals surface area contributed by atoms with Gasteiger partial charge in [0, 0.05) is 45.0 Å². The Morgan fingerprint density at radius 1 is 1.03 bits per heavy atom. The summed E-state index contributed by atoms with van der Waals surface area (Å²) in [5, 5.41) is 0. The maximum absolute atomic E-state index is 4.96. The summed E-state index contributed by atoms with van der Waals surface area (Å²) in [6.45, 7) is 10.7. The Morgan fingerprint density at radius 3 is 2.47 bits per heavy atom. The van der Waals surface area contributed by atoms with Gasteiger partial charge in [-0.25, -0.2) is 15.0 Å². The molecule has 0 bridgehead atoms. The van der Waals surface area contributed by atoms with Crippen LogP contribution in [0.25, 0.3) is 5.57 Å². The Bertz CT molecular complexity index is 1020. The summed E-state index contributed by atoms with van der Waals surface area (Å²) in [4.78, 5) is 23.5. The molecule has 168 valence electrons. The third-order valence-corrected chi connectivity index (χ3v) is 7.02. The lowest BCUT2D eigenvalue weighted by Crippen LogP contribution is -2.44. The van der Waals surface area contributed by atoms with Crippen LogP contribution in [0, 0.1) is 0 Å². The van der Waals surface area contributed by atoms with Gasteiger partial charge < -0.3 is 14.7 Å². The third kappa shape index (κ3) is 3.86. The van der Waals surface area contributed by atoms with Gasteiger partial charge in [0.15, 0.2) is 0 Å². The molecule has 0 radical (unpaired) electrons. The van der Waals surface area contributed by atoms with E-state index in [1.807, 2.05) is 24.3 Å². The molecule has 7 heteroatoms. The largest absolute Gasteiger partial charge is 0.368 e. The predicted molar refractivity (Wildman–Crippen MR) is 132 cm³/mol. The van der Waals surface area contributed by atoms with E-state index in [1.54, 1.807) is 0 Å². The molecule has 0 atom stereocenters. The minimum absolute atomic E-state index is 0.501. The lowest BCUT2D eigenvalue weighted by Gasteiger charge is -2.36. The Kier molecular flexibility index (Phi) is 5.59. The SMILES string of the molecule is C=C1C=C(C)c2nc(N(C)c3ccc(N4CCN(C)CC4)cn3)ncc2N1C1CCCC1. The number of piperazine rings is 1. The van der Waals surface area contributed by atoms with Crippen molar-refractivity contribution in [1.29, 1.82) is 0 Å². The van der Waals surface area contributed by atoms with Gasteiger partial charge in [0.25, 0.3) is 0 Å². The molecule has 2 aliphatic heterocycles. The second kappa shape index (κ2) is 8.54. The normalized spacial score (nSPS) is 19.8. The molecular formula is C25H33N7. The lowest BCUT2D eigenvalue weighted by atomic mass is 10.0. The van der Waals surface area contributed by atoms with Gasteiger partial charge >= 0.3 is 0 Å². The summed E-state index contributed by atoms with van der Waals surface area (Å²) in [6, 6.07) is 4.72. The van der Waals surface area contributed by atoms with Gasteiger partial charge in [-0.15, -0.1) is 0 Å². The van der Waals surface area contributed by atoms with Crippen LogP contribution in [0.3, 0.4) is 0 Å². The van der Waals surface area contributed by atoms with Crippen LogP contribution >= 0.6 is 0 Å². The van der Waals surface area contributed by atoms with Crippen LogP contribution in [-0.4, -0.2) is 66.2 Å². The number of likely N-dealkylation sites (N-methyl/N-ethyl adjacent to an activating group) is 1. The molecule has 2 aromatic rings. The molecular weight excluding hydrogens is 398 g/mol. The van der Waals surface area contributed by atoms with Crippen LogP contribution < -0.4 is 14.7 Å². The van der Waals surface area contributed by atoms with E-state index >= 15 is 0 Å². The van der Waals surface area contributed by atoms with Crippen molar-refractivity contribution < 1.29 is 0 Å². The quantitative estimate of drug-likeness (QED) is 0.723. The maximum atomic E-state index is 4.96. The van der Waals surface area contributed by atoms with Crippen molar-refractivity contribution in [2.75, 3.05) is 55.0 Å². The number of fused-ring (bicyclic) bond motifs is 1. The van der Waals surface area contributed by atoms with E-state index in [0.29, 0.717) is 12.0 Å². The van der Waals surface area contributed by atoms with E-state index in [4.69, 9.17) is 15.0 Å². The van der Waals surface area contributed by atoms with Crippen LogP contribution in [0.2, 0.25) is 0 Å². The van der Waals surface area contributed by atoms with E-state index < -0.39 is 0 Å². The zero-order chi connectivity index (χ0) is 22.2. The number of hydrogen-bond donors (Lipinski definition) is 0. The lowest BCUT2D eigenvalue weighted by molar-refractivity contribution is 0.313. The zero-order valence-corrected chi connectivity index (χ0v) is 19.5. The van der Waals surface area contributed by atoms with Gasteiger partial charge in [-0.2, -0.15) is 0 Å². The Labute approximate surface area is 191 Å². The molecule has 0 N–H and O–H groups in total. The van der Waals surface area contributed by atoms with E-state index in [-0.39, 0.29) is 0 Å². The van der Waals surface area contributed by atoms with Crippen molar-refractivity contribution in [2.24, 2.45) is 0 Å². The fourth-order valence-electron chi connectivity index (χ4n) is 5.06. The molecule has 4 heterocycles. The monoisotopic (exact) mass is 431 g/mol. The van der Waals surface area contributed by atoms with E-state index in [1.165, 1.54) is 31.4 Å². The molecule has 0 spiro atoms.